The summed E-state index contributed by atoms with van der Waals surface area (Å²) in [5, 5.41) is 18.7. The molecule has 4 heteroatoms. The Morgan fingerprint density at radius 2 is 2.14 bits per heavy atom. The highest BCUT2D eigenvalue weighted by Gasteiger charge is 2.15. The molecule has 3 nitrogen and oxygen atoms in total. The van der Waals surface area contributed by atoms with E-state index < -0.39 is 0 Å². The first-order valence-electron chi connectivity index (χ1n) is 7.22. The fourth-order valence-corrected chi connectivity index (χ4v) is 3.47. The van der Waals surface area contributed by atoms with E-state index in [1.807, 2.05) is 12.3 Å². The van der Waals surface area contributed by atoms with Crippen molar-refractivity contribution in [3.8, 4) is 0 Å². The molecule has 2 aromatic heterocycles. The van der Waals surface area contributed by atoms with Crippen molar-refractivity contribution in [3.63, 3.8) is 0 Å². The van der Waals surface area contributed by atoms with Gasteiger partial charge in [-0.15, -0.1) is 0 Å². The summed E-state index contributed by atoms with van der Waals surface area (Å²) in [6.45, 7) is 2.27. The molecule has 2 atom stereocenters. The predicted molar refractivity (Wildman–Crippen MR) is 88.7 cm³/mol. The van der Waals surface area contributed by atoms with E-state index in [0.717, 1.165) is 11.9 Å². The Hall–Kier alpha value is -1.62. The zero-order valence-corrected chi connectivity index (χ0v) is 12.9. The van der Waals surface area contributed by atoms with Gasteiger partial charge in [0.1, 0.15) is 0 Å². The van der Waals surface area contributed by atoms with E-state index in [9.17, 15) is 5.11 Å². The number of hydrogen-bond donors (Lipinski definition) is 3. The molecular weight excluding hydrogens is 280 g/mol. The minimum Gasteiger partial charge on any atom is -0.395 e. The molecule has 3 rings (SSSR count). The standard InChI is InChI=1S/C17H20N2OS/c1-12(13-6-7-21-11-13)19-15(10-20)8-14-9-18-17-5-3-2-4-16(14)17/h2-7,9,11-12,15,18-20H,8,10H2,1H3. The second-order valence-electron chi connectivity index (χ2n) is 5.39. The topological polar surface area (TPSA) is 48.0 Å². The molecule has 2 unspecified atom stereocenters. The van der Waals surface area contributed by atoms with Crippen molar-refractivity contribution in [2.24, 2.45) is 0 Å². The van der Waals surface area contributed by atoms with E-state index in [1.165, 1.54) is 16.5 Å². The van der Waals surface area contributed by atoms with Crippen LogP contribution >= 0.6 is 11.3 Å². The highest BCUT2D eigenvalue weighted by atomic mass is 32.1. The van der Waals surface area contributed by atoms with Gasteiger partial charge in [-0.05, 0) is 47.4 Å². The van der Waals surface area contributed by atoms with E-state index in [1.54, 1.807) is 11.3 Å². The molecule has 0 amide bonds. The van der Waals surface area contributed by atoms with Crippen molar-refractivity contribution in [1.82, 2.24) is 10.3 Å². The molecule has 0 fully saturated rings. The summed E-state index contributed by atoms with van der Waals surface area (Å²) in [5.74, 6) is 0. The van der Waals surface area contributed by atoms with Gasteiger partial charge in [0.05, 0.1) is 6.61 Å². The lowest BCUT2D eigenvalue weighted by Crippen LogP contribution is -2.36. The van der Waals surface area contributed by atoms with Crippen molar-refractivity contribution in [3.05, 3.63) is 58.4 Å². The number of benzene rings is 1. The van der Waals surface area contributed by atoms with Crippen LogP contribution in [0.5, 0.6) is 0 Å². The summed E-state index contributed by atoms with van der Waals surface area (Å²) in [6, 6.07) is 10.7. The van der Waals surface area contributed by atoms with Crippen molar-refractivity contribution in [2.45, 2.75) is 25.4 Å². The number of aromatic amines is 1. The van der Waals surface area contributed by atoms with E-state index in [2.05, 4.69) is 52.3 Å². The van der Waals surface area contributed by atoms with Crippen LogP contribution in [-0.4, -0.2) is 22.7 Å². The van der Waals surface area contributed by atoms with Crippen molar-refractivity contribution >= 4 is 22.2 Å². The second kappa shape index (κ2) is 6.43. The first kappa shape index (κ1) is 14.3. The quantitative estimate of drug-likeness (QED) is 0.652. The minimum atomic E-state index is 0.0547. The maximum atomic E-state index is 9.67. The average molecular weight is 300 g/mol. The Balaban J connectivity index is 1.72. The van der Waals surface area contributed by atoms with Crippen LogP contribution in [0.4, 0.5) is 0 Å². The first-order valence-corrected chi connectivity index (χ1v) is 8.16. The molecule has 0 spiro atoms. The highest BCUT2D eigenvalue weighted by Crippen LogP contribution is 2.21. The minimum absolute atomic E-state index is 0.0547. The number of aliphatic hydroxyl groups excluding tert-OH is 1. The van der Waals surface area contributed by atoms with Crippen molar-refractivity contribution < 1.29 is 5.11 Å². The maximum absolute atomic E-state index is 9.67. The number of aliphatic hydroxyl groups is 1. The molecule has 21 heavy (non-hydrogen) atoms. The van der Waals surface area contributed by atoms with E-state index >= 15 is 0 Å². The van der Waals surface area contributed by atoms with Crippen molar-refractivity contribution in [1.29, 1.82) is 0 Å². The van der Waals surface area contributed by atoms with Gasteiger partial charge in [0.2, 0.25) is 0 Å². The van der Waals surface area contributed by atoms with Crippen LogP contribution in [0, 0.1) is 0 Å². The van der Waals surface area contributed by atoms with Crippen molar-refractivity contribution in [2.75, 3.05) is 6.61 Å². The third-order valence-electron chi connectivity index (χ3n) is 3.89. The number of H-pyrrole nitrogens is 1. The molecule has 0 aliphatic rings. The highest BCUT2D eigenvalue weighted by molar-refractivity contribution is 7.07. The number of aromatic nitrogens is 1. The van der Waals surface area contributed by atoms with Crippen LogP contribution in [-0.2, 0) is 6.42 Å². The fourth-order valence-electron chi connectivity index (χ4n) is 2.71. The van der Waals surface area contributed by atoms with Crippen LogP contribution in [0.15, 0.2) is 47.3 Å². The molecule has 0 saturated carbocycles. The Kier molecular flexibility index (Phi) is 4.39. The van der Waals surface area contributed by atoms with Crippen LogP contribution in [0.2, 0.25) is 0 Å². The summed E-state index contributed by atoms with van der Waals surface area (Å²) >= 11 is 1.70. The van der Waals surface area contributed by atoms with E-state index in [0.29, 0.717) is 0 Å². The average Bonchev–Trinajstić information content (AvgIpc) is 3.16. The number of rotatable bonds is 6. The Labute approximate surface area is 128 Å². The normalized spacial score (nSPS) is 14.4. The number of nitrogens with one attached hydrogen (secondary N) is 2. The fraction of sp³-hybridized carbons (Fsp3) is 0.294. The Morgan fingerprint density at radius 3 is 2.90 bits per heavy atom. The Bertz CT molecular complexity index is 690. The largest absolute Gasteiger partial charge is 0.395 e. The maximum Gasteiger partial charge on any atom is 0.0588 e. The zero-order valence-electron chi connectivity index (χ0n) is 12.0. The first-order chi connectivity index (χ1) is 10.3. The second-order valence-corrected chi connectivity index (χ2v) is 6.17. The Morgan fingerprint density at radius 1 is 1.29 bits per heavy atom. The van der Waals surface area contributed by atoms with Gasteiger partial charge in [-0.2, -0.15) is 11.3 Å². The predicted octanol–water partition coefficient (Wildman–Crippen LogP) is 3.48. The van der Waals surface area contributed by atoms with Crippen LogP contribution in [0.1, 0.15) is 24.1 Å². The van der Waals surface area contributed by atoms with E-state index in [-0.39, 0.29) is 18.7 Å². The molecule has 3 N–H and O–H groups in total. The molecule has 1 aromatic carbocycles. The zero-order chi connectivity index (χ0) is 14.7. The number of fused-ring (bicyclic) bond motifs is 1. The van der Waals surface area contributed by atoms with Gasteiger partial charge in [0.15, 0.2) is 0 Å². The lowest BCUT2D eigenvalue weighted by atomic mass is 10.0. The van der Waals surface area contributed by atoms with Gasteiger partial charge in [0.25, 0.3) is 0 Å². The van der Waals surface area contributed by atoms with Gasteiger partial charge >= 0.3 is 0 Å². The molecular formula is C17H20N2OS. The van der Waals surface area contributed by atoms with Gasteiger partial charge < -0.3 is 15.4 Å². The lowest BCUT2D eigenvalue weighted by Gasteiger charge is -2.21. The number of hydrogen-bond acceptors (Lipinski definition) is 3. The van der Waals surface area contributed by atoms with Gasteiger partial charge in [-0.3, -0.25) is 0 Å². The molecule has 3 aromatic rings. The summed E-state index contributed by atoms with van der Waals surface area (Å²) in [7, 11) is 0. The van der Waals surface area contributed by atoms with Gasteiger partial charge in [-0.25, -0.2) is 0 Å². The van der Waals surface area contributed by atoms with Crippen LogP contribution in [0.25, 0.3) is 10.9 Å². The molecule has 0 aliphatic carbocycles. The molecule has 2 heterocycles. The van der Waals surface area contributed by atoms with E-state index in [4.69, 9.17) is 0 Å². The summed E-state index contributed by atoms with van der Waals surface area (Å²) < 4.78 is 0. The van der Waals surface area contributed by atoms with Crippen LogP contribution in [0.3, 0.4) is 0 Å². The summed E-state index contributed by atoms with van der Waals surface area (Å²) in [5.41, 5.74) is 3.67. The third kappa shape index (κ3) is 3.18. The van der Waals surface area contributed by atoms with Gasteiger partial charge in [0, 0.05) is 29.2 Å². The summed E-state index contributed by atoms with van der Waals surface area (Å²) in [4.78, 5) is 3.29. The molecule has 0 aliphatic heterocycles. The molecule has 0 bridgehead atoms. The third-order valence-corrected chi connectivity index (χ3v) is 4.59. The molecule has 0 saturated heterocycles. The number of thiophene rings is 1. The number of para-hydroxylation sites is 1. The smallest absolute Gasteiger partial charge is 0.0588 e. The molecule has 110 valence electrons. The monoisotopic (exact) mass is 300 g/mol. The SMILES string of the molecule is CC(NC(CO)Cc1c[nH]c2ccccc12)c1ccsc1. The molecule has 0 radical (unpaired) electrons. The summed E-state index contributed by atoms with van der Waals surface area (Å²) in [6.07, 6.45) is 2.86. The lowest BCUT2D eigenvalue weighted by molar-refractivity contribution is 0.233. The van der Waals surface area contributed by atoms with Gasteiger partial charge in [-0.1, -0.05) is 18.2 Å². The van der Waals surface area contributed by atoms with Crippen LogP contribution < -0.4 is 5.32 Å².